The molecule has 0 saturated carbocycles. The van der Waals surface area contributed by atoms with E-state index in [4.69, 9.17) is 14.2 Å². The van der Waals surface area contributed by atoms with Crippen molar-refractivity contribution in [2.24, 2.45) is 0 Å². The Bertz CT molecular complexity index is 860. The van der Waals surface area contributed by atoms with Crippen molar-refractivity contribution in [3.05, 3.63) is 65.7 Å². The summed E-state index contributed by atoms with van der Waals surface area (Å²) in [5.74, 6) is -0.123. The van der Waals surface area contributed by atoms with E-state index in [1.54, 1.807) is 18.2 Å². The number of esters is 1. The zero-order valence-corrected chi connectivity index (χ0v) is 16.4. The molecule has 148 valence electrons. The van der Waals surface area contributed by atoms with Gasteiger partial charge in [0.05, 0.1) is 7.11 Å². The maximum atomic E-state index is 11.9. The summed E-state index contributed by atoms with van der Waals surface area (Å²) in [5.41, 5.74) is 3.88. The molecule has 6 nitrogen and oxygen atoms in total. The quantitative estimate of drug-likeness (QED) is 0.529. The lowest BCUT2D eigenvalue weighted by molar-refractivity contribution is -0.149. The zero-order chi connectivity index (χ0) is 20.5. The molecule has 0 bridgehead atoms. The first kappa shape index (κ1) is 21.0. The number of methoxy groups -OCH3 is 1. The summed E-state index contributed by atoms with van der Waals surface area (Å²) in [6.07, 6.45) is 2.49. The van der Waals surface area contributed by atoms with Gasteiger partial charge in [-0.15, -0.1) is 6.58 Å². The molecule has 2 aromatic rings. The van der Waals surface area contributed by atoms with Crippen molar-refractivity contribution in [3.8, 4) is 11.5 Å². The van der Waals surface area contributed by atoms with Gasteiger partial charge in [0.2, 0.25) is 0 Å². The topological polar surface area (TPSA) is 73.9 Å². The molecule has 0 aliphatic heterocycles. The minimum absolute atomic E-state index is 0.325. The van der Waals surface area contributed by atoms with Crippen LogP contribution >= 0.6 is 0 Å². The standard InChI is InChI=1S/C22H25NO5/c1-5-6-17-8-10-19(20(12-17)26-4)27-14-22(25)28-13-21(24)23-18-9-7-15(2)16(3)11-18/h5,7-12H,1,6,13-14H2,2-4H3,(H,23,24). The number of hydrogen-bond acceptors (Lipinski definition) is 5. The van der Waals surface area contributed by atoms with Gasteiger partial charge in [0, 0.05) is 5.69 Å². The summed E-state index contributed by atoms with van der Waals surface area (Å²) in [7, 11) is 1.52. The fourth-order valence-electron chi connectivity index (χ4n) is 2.47. The van der Waals surface area contributed by atoms with Crippen LogP contribution in [0, 0.1) is 13.8 Å². The Morgan fingerprint density at radius 2 is 1.82 bits per heavy atom. The molecule has 0 heterocycles. The van der Waals surface area contributed by atoms with E-state index in [1.165, 1.54) is 7.11 Å². The maximum Gasteiger partial charge on any atom is 0.344 e. The fourth-order valence-corrected chi connectivity index (χ4v) is 2.47. The highest BCUT2D eigenvalue weighted by atomic mass is 16.6. The maximum absolute atomic E-state index is 11.9. The van der Waals surface area contributed by atoms with E-state index >= 15 is 0 Å². The summed E-state index contributed by atoms with van der Waals surface area (Å²) < 4.78 is 15.7. The number of aryl methyl sites for hydroxylation is 2. The second-order valence-corrected chi connectivity index (χ2v) is 6.27. The summed E-state index contributed by atoms with van der Waals surface area (Å²) in [6, 6.07) is 11.0. The number of nitrogens with one attached hydrogen (secondary N) is 1. The van der Waals surface area contributed by atoms with Crippen LogP contribution in [0.5, 0.6) is 11.5 Å². The van der Waals surface area contributed by atoms with Crippen molar-refractivity contribution < 1.29 is 23.8 Å². The van der Waals surface area contributed by atoms with Crippen LogP contribution in [0.2, 0.25) is 0 Å². The molecular formula is C22H25NO5. The van der Waals surface area contributed by atoms with E-state index in [2.05, 4.69) is 11.9 Å². The molecule has 0 atom stereocenters. The molecule has 2 aromatic carbocycles. The summed E-state index contributed by atoms with van der Waals surface area (Å²) in [5, 5.41) is 2.69. The Labute approximate surface area is 165 Å². The molecule has 28 heavy (non-hydrogen) atoms. The first-order valence-corrected chi connectivity index (χ1v) is 8.86. The first-order chi connectivity index (χ1) is 13.4. The molecule has 0 fully saturated rings. The molecule has 0 aliphatic rings. The van der Waals surface area contributed by atoms with Crippen LogP contribution in [0.4, 0.5) is 5.69 Å². The lowest BCUT2D eigenvalue weighted by atomic mass is 10.1. The molecule has 0 spiro atoms. The number of hydrogen-bond donors (Lipinski definition) is 1. The Hall–Kier alpha value is -3.28. The smallest absolute Gasteiger partial charge is 0.344 e. The number of benzene rings is 2. The van der Waals surface area contributed by atoms with Gasteiger partial charge in [-0.05, 0) is 61.2 Å². The van der Waals surface area contributed by atoms with Crippen molar-refractivity contribution in [3.63, 3.8) is 0 Å². The third-order valence-corrected chi connectivity index (χ3v) is 4.11. The number of allylic oxidation sites excluding steroid dienone is 1. The van der Waals surface area contributed by atoms with E-state index < -0.39 is 11.9 Å². The van der Waals surface area contributed by atoms with Gasteiger partial charge >= 0.3 is 5.97 Å². The lowest BCUT2D eigenvalue weighted by Gasteiger charge is -2.12. The van der Waals surface area contributed by atoms with Crippen LogP contribution < -0.4 is 14.8 Å². The number of carbonyl (C=O) groups is 2. The largest absolute Gasteiger partial charge is 0.493 e. The third kappa shape index (κ3) is 6.16. The Morgan fingerprint density at radius 3 is 2.50 bits per heavy atom. The highest BCUT2D eigenvalue weighted by molar-refractivity contribution is 5.93. The van der Waals surface area contributed by atoms with Crippen LogP contribution in [0.25, 0.3) is 0 Å². The second kappa shape index (κ2) is 10.2. The first-order valence-electron chi connectivity index (χ1n) is 8.86. The van der Waals surface area contributed by atoms with Crippen LogP contribution in [0.15, 0.2) is 49.1 Å². The van der Waals surface area contributed by atoms with Crippen LogP contribution in [-0.4, -0.2) is 32.2 Å². The van der Waals surface area contributed by atoms with Gasteiger partial charge in [-0.3, -0.25) is 4.79 Å². The molecule has 1 amide bonds. The van der Waals surface area contributed by atoms with Crippen molar-refractivity contribution in [2.75, 3.05) is 25.6 Å². The monoisotopic (exact) mass is 383 g/mol. The molecule has 6 heteroatoms. The number of rotatable bonds is 9. The molecule has 0 saturated heterocycles. The average molecular weight is 383 g/mol. The number of carbonyl (C=O) groups excluding carboxylic acids is 2. The van der Waals surface area contributed by atoms with Gasteiger partial charge in [-0.1, -0.05) is 18.2 Å². The molecular weight excluding hydrogens is 358 g/mol. The highest BCUT2D eigenvalue weighted by Gasteiger charge is 2.12. The summed E-state index contributed by atoms with van der Waals surface area (Å²) >= 11 is 0. The molecule has 0 radical (unpaired) electrons. The number of amides is 1. The van der Waals surface area contributed by atoms with Gasteiger partial charge in [-0.2, -0.15) is 0 Å². The Morgan fingerprint density at radius 1 is 1.04 bits per heavy atom. The molecule has 1 N–H and O–H groups in total. The predicted molar refractivity (Wildman–Crippen MR) is 108 cm³/mol. The minimum Gasteiger partial charge on any atom is -0.493 e. The average Bonchev–Trinajstić information content (AvgIpc) is 2.68. The van der Waals surface area contributed by atoms with Crippen molar-refractivity contribution in [1.82, 2.24) is 0 Å². The van der Waals surface area contributed by atoms with E-state index in [9.17, 15) is 9.59 Å². The van der Waals surface area contributed by atoms with Crippen molar-refractivity contribution >= 4 is 17.6 Å². The molecule has 2 rings (SSSR count). The lowest BCUT2D eigenvalue weighted by Crippen LogP contribution is -2.23. The number of anilines is 1. The zero-order valence-electron chi connectivity index (χ0n) is 16.4. The SMILES string of the molecule is C=CCc1ccc(OCC(=O)OCC(=O)Nc2ccc(C)c(C)c2)c(OC)c1. The van der Waals surface area contributed by atoms with E-state index in [0.717, 1.165) is 16.7 Å². The van der Waals surface area contributed by atoms with E-state index in [0.29, 0.717) is 23.6 Å². The minimum atomic E-state index is -0.646. The van der Waals surface area contributed by atoms with Crippen molar-refractivity contribution in [1.29, 1.82) is 0 Å². The van der Waals surface area contributed by atoms with Crippen molar-refractivity contribution in [2.45, 2.75) is 20.3 Å². The van der Waals surface area contributed by atoms with Gasteiger partial charge in [-0.25, -0.2) is 4.79 Å². The van der Waals surface area contributed by atoms with E-state index in [-0.39, 0.29) is 13.2 Å². The van der Waals surface area contributed by atoms with Crippen LogP contribution in [0.3, 0.4) is 0 Å². The number of ether oxygens (including phenoxy) is 3. The van der Waals surface area contributed by atoms with E-state index in [1.807, 2.05) is 38.1 Å². The third-order valence-electron chi connectivity index (χ3n) is 4.11. The van der Waals surface area contributed by atoms with Gasteiger partial charge in [0.25, 0.3) is 5.91 Å². The second-order valence-electron chi connectivity index (χ2n) is 6.27. The fraction of sp³-hybridized carbons (Fsp3) is 0.273. The predicted octanol–water partition coefficient (Wildman–Crippen LogP) is 3.60. The molecule has 0 unspecified atom stereocenters. The van der Waals surface area contributed by atoms with Gasteiger partial charge in [0.1, 0.15) is 0 Å². The molecule has 0 aromatic heterocycles. The van der Waals surface area contributed by atoms with Gasteiger partial charge in [0.15, 0.2) is 24.7 Å². The normalized spacial score (nSPS) is 10.1. The van der Waals surface area contributed by atoms with Gasteiger partial charge < -0.3 is 19.5 Å². The Kier molecular flexibility index (Phi) is 7.63. The molecule has 0 aliphatic carbocycles. The highest BCUT2D eigenvalue weighted by Crippen LogP contribution is 2.28. The van der Waals surface area contributed by atoms with Crippen LogP contribution in [0.1, 0.15) is 16.7 Å². The summed E-state index contributed by atoms with van der Waals surface area (Å²) in [4.78, 5) is 23.8. The Balaban J connectivity index is 1.81. The summed E-state index contributed by atoms with van der Waals surface area (Å²) in [6.45, 7) is 6.94. The van der Waals surface area contributed by atoms with Crippen LogP contribution in [-0.2, 0) is 20.7 Å².